The van der Waals surface area contributed by atoms with Crippen LogP contribution in [0.3, 0.4) is 0 Å². The first-order chi connectivity index (χ1) is 17.2. The monoisotopic (exact) mass is 471 g/mol. The summed E-state index contributed by atoms with van der Waals surface area (Å²) in [6, 6.07) is 26.3. The van der Waals surface area contributed by atoms with E-state index < -0.39 is 30.3 Å². The van der Waals surface area contributed by atoms with E-state index in [1.54, 1.807) is 30.3 Å². The normalized spacial score (nSPS) is 21.4. The Labute approximate surface area is 203 Å². The molecule has 3 aromatic rings. The summed E-state index contributed by atoms with van der Waals surface area (Å²) in [6.45, 7) is 1.05. The number of amides is 2. The van der Waals surface area contributed by atoms with E-state index in [1.807, 2.05) is 66.7 Å². The van der Waals surface area contributed by atoms with Crippen molar-refractivity contribution in [3.63, 3.8) is 0 Å². The van der Waals surface area contributed by atoms with Crippen LogP contribution in [0.25, 0.3) is 0 Å². The Morgan fingerprint density at radius 2 is 1.29 bits per heavy atom. The molecule has 0 spiro atoms. The van der Waals surface area contributed by atoms with E-state index in [-0.39, 0.29) is 6.61 Å². The van der Waals surface area contributed by atoms with Crippen LogP contribution in [-0.4, -0.2) is 42.0 Å². The van der Waals surface area contributed by atoms with Crippen LogP contribution >= 0.6 is 0 Å². The maximum absolute atomic E-state index is 12.7. The molecule has 0 N–H and O–H groups in total. The van der Waals surface area contributed by atoms with Crippen molar-refractivity contribution in [3.8, 4) is 0 Å². The molecule has 0 aliphatic carbocycles. The number of hydroxylamine groups is 2. The van der Waals surface area contributed by atoms with Gasteiger partial charge in [0, 0.05) is 0 Å². The molecule has 0 saturated heterocycles. The maximum Gasteiger partial charge on any atom is 0.286 e. The predicted octanol–water partition coefficient (Wildman–Crippen LogP) is 4.30. The maximum atomic E-state index is 12.7. The SMILES string of the molecule is O=C1c2ccccc2C(=O)N1O[C@@H]1C=C[C@H](OCc2ccccc2)[C@@H](COCc2ccccc2)O1. The van der Waals surface area contributed by atoms with Crippen molar-refractivity contribution in [2.45, 2.75) is 31.7 Å². The van der Waals surface area contributed by atoms with Crippen LogP contribution in [0.5, 0.6) is 0 Å². The molecule has 0 bridgehead atoms. The Morgan fingerprint density at radius 1 is 0.714 bits per heavy atom. The molecule has 0 aromatic heterocycles. The fourth-order valence-corrected chi connectivity index (χ4v) is 3.98. The summed E-state index contributed by atoms with van der Waals surface area (Å²) in [5.74, 6) is -1.02. The zero-order chi connectivity index (χ0) is 24.0. The number of carbonyl (C=O) groups is 2. The number of nitrogens with zero attached hydrogens (tertiary/aromatic N) is 1. The Hall–Kier alpha value is -3.62. The topological polar surface area (TPSA) is 74.3 Å². The molecule has 3 aromatic carbocycles. The van der Waals surface area contributed by atoms with Crippen LogP contribution in [0.2, 0.25) is 0 Å². The summed E-state index contributed by atoms with van der Waals surface area (Å²) < 4.78 is 18.1. The Kier molecular flexibility index (Phi) is 7.11. The first kappa shape index (κ1) is 23.1. The lowest BCUT2D eigenvalue weighted by atomic mass is 10.1. The summed E-state index contributed by atoms with van der Waals surface area (Å²) in [7, 11) is 0. The molecule has 7 nitrogen and oxygen atoms in total. The summed E-state index contributed by atoms with van der Waals surface area (Å²) >= 11 is 0. The molecule has 35 heavy (non-hydrogen) atoms. The largest absolute Gasteiger partial charge is 0.374 e. The number of benzene rings is 3. The minimum Gasteiger partial charge on any atom is -0.374 e. The first-order valence-corrected chi connectivity index (χ1v) is 11.4. The lowest BCUT2D eigenvalue weighted by Gasteiger charge is -2.33. The van der Waals surface area contributed by atoms with Crippen molar-refractivity contribution < 1.29 is 28.6 Å². The quantitative estimate of drug-likeness (QED) is 0.342. The van der Waals surface area contributed by atoms with Gasteiger partial charge >= 0.3 is 0 Å². The predicted molar refractivity (Wildman–Crippen MR) is 127 cm³/mol. The van der Waals surface area contributed by atoms with E-state index in [0.717, 1.165) is 16.2 Å². The van der Waals surface area contributed by atoms with E-state index in [0.29, 0.717) is 24.3 Å². The third-order valence-electron chi connectivity index (χ3n) is 5.78. The number of ether oxygens (including phenoxy) is 3. The zero-order valence-electron chi connectivity index (χ0n) is 19.0. The minimum atomic E-state index is -0.945. The molecule has 2 heterocycles. The number of hydrogen-bond acceptors (Lipinski definition) is 6. The molecule has 7 heteroatoms. The number of carbonyl (C=O) groups excluding carboxylic acids is 2. The van der Waals surface area contributed by atoms with Gasteiger partial charge < -0.3 is 14.2 Å². The molecule has 2 amide bonds. The molecule has 5 rings (SSSR count). The molecular formula is C28H25NO6. The van der Waals surface area contributed by atoms with E-state index in [2.05, 4.69) is 0 Å². The number of fused-ring (bicyclic) bond motifs is 1. The van der Waals surface area contributed by atoms with Crippen LogP contribution in [0.4, 0.5) is 0 Å². The van der Waals surface area contributed by atoms with Gasteiger partial charge in [0.05, 0.1) is 30.9 Å². The molecular weight excluding hydrogens is 446 g/mol. The fraction of sp³-hybridized carbons (Fsp3) is 0.214. The molecule has 0 saturated carbocycles. The van der Waals surface area contributed by atoms with E-state index in [4.69, 9.17) is 19.0 Å². The number of rotatable bonds is 9. The van der Waals surface area contributed by atoms with Gasteiger partial charge in [0.15, 0.2) is 0 Å². The smallest absolute Gasteiger partial charge is 0.286 e. The van der Waals surface area contributed by atoms with E-state index >= 15 is 0 Å². The van der Waals surface area contributed by atoms with Gasteiger partial charge in [0.1, 0.15) is 12.2 Å². The average Bonchev–Trinajstić information content (AvgIpc) is 3.14. The van der Waals surface area contributed by atoms with Gasteiger partial charge in [0.2, 0.25) is 6.29 Å². The van der Waals surface area contributed by atoms with Crippen LogP contribution < -0.4 is 0 Å². The van der Waals surface area contributed by atoms with Crippen molar-refractivity contribution >= 4 is 11.8 Å². The minimum absolute atomic E-state index is 0.237. The molecule has 2 aliphatic rings. The van der Waals surface area contributed by atoms with Crippen molar-refractivity contribution in [1.29, 1.82) is 0 Å². The Morgan fingerprint density at radius 3 is 1.91 bits per heavy atom. The van der Waals surface area contributed by atoms with Crippen molar-refractivity contribution in [2.75, 3.05) is 6.61 Å². The van der Waals surface area contributed by atoms with Gasteiger partial charge in [-0.25, -0.2) is 4.84 Å². The third kappa shape index (κ3) is 5.39. The van der Waals surface area contributed by atoms with Gasteiger partial charge in [-0.05, 0) is 29.3 Å². The van der Waals surface area contributed by atoms with Crippen LogP contribution in [0, 0.1) is 0 Å². The number of imide groups is 1. The first-order valence-electron chi connectivity index (χ1n) is 11.4. The molecule has 0 fully saturated rings. The second kappa shape index (κ2) is 10.8. The van der Waals surface area contributed by atoms with Gasteiger partial charge in [-0.2, -0.15) is 0 Å². The summed E-state index contributed by atoms with van der Waals surface area (Å²) in [5.41, 5.74) is 2.70. The summed E-state index contributed by atoms with van der Waals surface area (Å²) in [6.07, 6.45) is 1.62. The summed E-state index contributed by atoms with van der Waals surface area (Å²) in [5, 5.41) is 0.757. The van der Waals surface area contributed by atoms with Crippen molar-refractivity contribution in [3.05, 3.63) is 119 Å². The highest BCUT2D eigenvalue weighted by atomic mass is 16.8. The molecule has 0 unspecified atom stereocenters. The van der Waals surface area contributed by atoms with Crippen LogP contribution in [-0.2, 0) is 32.3 Å². The molecule has 0 radical (unpaired) electrons. The average molecular weight is 472 g/mol. The highest BCUT2D eigenvalue weighted by Gasteiger charge is 2.39. The fourth-order valence-electron chi connectivity index (χ4n) is 3.98. The zero-order valence-corrected chi connectivity index (χ0v) is 19.0. The van der Waals surface area contributed by atoms with Gasteiger partial charge in [-0.15, -0.1) is 5.06 Å². The van der Waals surface area contributed by atoms with Crippen LogP contribution in [0.1, 0.15) is 31.8 Å². The van der Waals surface area contributed by atoms with Gasteiger partial charge in [-0.1, -0.05) is 78.9 Å². The molecule has 178 valence electrons. The summed E-state index contributed by atoms with van der Waals surface area (Å²) in [4.78, 5) is 31.0. The molecule has 3 atom stereocenters. The lowest BCUT2D eigenvalue weighted by Crippen LogP contribution is -2.44. The van der Waals surface area contributed by atoms with E-state index in [9.17, 15) is 9.59 Å². The van der Waals surface area contributed by atoms with Crippen LogP contribution in [0.15, 0.2) is 97.1 Å². The lowest BCUT2D eigenvalue weighted by molar-refractivity contribution is -0.252. The molecule has 2 aliphatic heterocycles. The highest BCUT2D eigenvalue weighted by molar-refractivity contribution is 6.20. The second-order valence-electron chi connectivity index (χ2n) is 8.25. The number of hydrogen-bond donors (Lipinski definition) is 0. The van der Waals surface area contributed by atoms with Gasteiger partial charge in [0.25, 0.3) is 11.8 Å². The Balaban J connectivity index is 1.25. The van der Waals surface area contributed by atoms with E-state index in [1.165, 1.54) is 0 Å². The standard InChI is InChI=1S/C28H25NO6/c30-27-22-13-7-8-14-23(22)28(31)29(27)35-26-16-15-24(33-18-21-11-5-2-6-12-21)25(34-26)19-32-17-20-9-3-1-4-10-20/h1-16,24-26H,17-19H2/t24-,25+,26+/m0/s1. The second-order valence-corrected chi connectivity index (χ2v) is 8.25. The van der Waals surface area contributed by atoms with Crippen molar-refractivity contribution in [1.82, 2.24) is 5.06 Å². The third-order valence-corrected chi connectivity index (χ3v) is 5.78. The van der Waals surface area contributed by atoms with Gasteiger partial charge in [-0.3, -0.25) is 9.59 Å². The Bertz CT molecular complexity index is 1160. The highest BCUT2D eigenvalue weighted by Crippen LogP contribution is 2.26. The van der Waals surface area contributed by atoms with Crippen molar-refractivity contribution in [2.24, 2.45) is 0 Å².